The first-order valence-corrected chi connectivity index (χ1v) is 11.2. The number of pyridine rings is 1. The van der Waals surface area contributed by atoms with Crippen molar-refractivity contribution < 1.29 is 18.9 Å². The van der Waals surface area contributed by atoms with Crippen LogP contribution < -0.4 is 5.32 Å². The summed E-state index contributed by atoms with van der Waals surface area (Å²) in [5.74, 6) is 0.0439. The van der Waals surface area contributed by atoms with Crippen molar-refractivity contribution in [3.8, 4) is 11.4 Å². The molecule has 2 aromatic carbocycles. The second-order valence-electron chi connectivity index (χ2n) is 8.04. The van der Waals surface area contributed by atoms with Crippen LogP contribution in [-0.4, -0.2) is 44.3 Å². The van der Waals surface area contributed by atoms with Gasteiger partial charge in [-0.3, -0.25) is 24.3 Å². The van der Waals surface area contributed by atoms with Crippen LogP contribution in [0.4, 0.5) is 5.69 Å². The highest BCUT2D eigenvalue weighted by Crippen LogP contribution is 2.23. The molecule has 2 aromatic heterocycles. The molecule has 174 valence electrons. The van der Waals surface area contributed by atoms with Gasteiger partial charge in [-0.25, -0.2) is 0 Å². The third-order valence-corrected chi connectivity index (χ3v) is 5.70. The second-order valence-corrected chi connectivity index (χ2v) is 8.04. The fourth-order valence-electron chi connectivity index (χ4n) is 3.96. The second kappa shape index (κ2) is 9.68. The van der Waals surface area contributed by atoms with Gasteiger partial charge in [-0.2, -0.15) is 4.98 Å². The molecular formula is C26H21N5O4. The monoisotopic (exact) mass is 467 g/mol. The van der Waals surface area contributed by atoms with Gasteiger partial charge < -0.3 is 9.84 Å². The molecule has 9 nitrogen and oxygen atoms in total. The summed E-state index contributed by atoms with van der Waals surface area (Å²) >= 11 is 0. The number of hydrogen-bond acceptors (Lipinski definition) is 7. The molecule has 0 unspecified atom stereocenters. The summed E-state index contributed by atoms with van der Waals surface area (Å²) in [6.07, 6.45) is 4.19. The average molecular weight is 467 g/mol. The first kappa shape index (κ1) is 22.1. The molecule has 4 aromatic rings. The molecule has 0 radical (unpaired) electrons. The third kappa shape index (κ3) is 4.70. The van der Waals surface area contributed by atoms with Crippen LogP contribution in [0.15, 0.2) is 77.6 Å². The van der Waals surface area contributed by atoms with E-state index < -0.39 is 0 Å². The van der Waals surface area contributed by atoms with E-state index in [1.807, 2.05) is 18.2 Å². The van der Waals surface area contributed by atoms with Crippen molar-refractivity contribution in [2.24, 2.45) is 0 Å². The van der Waals surface area contributed by atoms with E-state index in [1.54, 1.807) is 54.9 Å². The summed E-state index contributed by atoms with van der Waals surface area (Å²) in [6, 6.07) is 17.7. The standard InChI is InChI=1S/C26H21N5O4/c32-22(10-5-15-31-25(33)19-7-2-3-8-20(19)26(31)34)28-21-9-4-1-6-18(21)16-23-29-24(30-35-23)17-11-13-27-14-12-17/h1-4,6-9,11-14H,5,10,15-16H2,(H,28,32). The molecule has 3 amide bonds. The SMILES string of the molecule is O=C(CCCN1C(=O)c2ccccc2C1=O)Nc1ccccc1Cc1nc(-c2ccncc2)no1. The first-order valence-electron chi connectivity index (χ1n) is 11.2. The third-order valence-electron chi connectivity index (χ3n) is 5.70. The lowest BCUT2D eigenvalue weighted by atomic mass is 10.1. The number of amides is 3. The van der Waals surface area contributed by atoms with Crippen molar-refractivity contribution in [2.45, 2.75) is 19.3 Å². The van der Waals surface area contributed by atoms with Gasteiger partial charge in [0, 0.05) is 36.6 Å². The molecule has 1 N–H and O–H groups in total. The van der Waals surface area contributed by atoms with E-state index in [1.165, 1.54) is 4.90 Å². The summed E-state index contributed by atoms with van der Waals surface area (Å²) in [4.78, 5) is 47.1. The predicted octanol–water partition coefficient (Wildman–Crippen LogP) is 3.74. The van der Waals surface area contributed by atoms with Gasteiger partial charge in [-0.05, 0) is 42.3 Å². The number of para-hydroxylation sites is 1. The van der Waals surface area contributed by atoms with E-state index in [0.717, 1.165) is 11.1 Å². The molecular weight excluding hydrogens is 446 g/mol. The zero-order chi connectivity index (χ0) is 24.2. The number of nitrogens with zero attached hydrogens (tertiary/aromatic N) is 4. The Kier molecular flexibility index (Phi) is 6.13. The van der Waals surface area contributed by atoms with E-state index in [0.29, 0.717) is 41.4 Å². The van der Waals surface area contributed by atoms with E-state index in [2.05, 4.69) is 20.4 Å². The summed E-state index contributed by atoms with van der Waals surface area (Å²) < 4.78 is 5.39. The van der Waals surface area contributed by atoms with Crippen LogP contribution >= 0.6 is 0 Å². The summed E-state index contributed by atoms with van der Waals surface area (Å²) in [6.45, 7) is 0.182. The Balaban J connectivity index is 1.18. The van der Waals surface area contributed by atoms with E-state index in [9.17, 15) is 14.4 Å². The van der Waals surface area contributed by atoms with Crippen LogP contribution in [0.2, 0.25) is 0 Å². The van der Waals surface area contributed by atoms with Crippen molar-refractivity contribution in [3.63, 3.8) is 0 Å². The number of nitrogens with one attached hydrogen (secondary N) is 1. The fraction of sp³-hybridized carbons (Fsp3) is 0.154. The Morgan fingerprint density at radius 3 is 2.34 bits per heavy atom. The van der Waals surface area contributed by atoms with Crippen LogP contribution in [0.1, 0.15) is 45.0 Å². The molecule has 0 atom stereocenters. The van der Waals surface area contributed by atoms with Gasteiger partial charge in [-0.1, -0.05) is 35.5 Å². The van der Waals surface area contributed by atoms with Gasteiger partial charge in [0.2, 0.25) is 17.6 Å². The molecule has 0 bridgehead atoms. The normalized spacial score (nSPS) is 12.6. The Morgan fingerprint density at radius 2 is 1.60 bits per heavy atom. The quantitative estimate of drug-likeness (QED) is 0.392. The molecule has 0 fully saturated rings. The number of rotatable bonds is 8. The first-order chi connectivity index (χ1) is 17.1. The van der Waals surface area contributed by atoms with Crippen molar-refractivity contribution in [3.05, 3.63) is 95.6 Å². The maximum Gasteiger partial charge on any atom is 0.261 e. The number of anilines is 1. The summed E-state index contributed by atoms with van der Waals surface area (Å²) in [7, 11) is 0. The van der Waals surface area contributed by atoms with Gasteiger partial charge in [-0.15, -0.1) is 0 Å². The minimum Gasteiger partial charge on any atom is -0.339 e. The van der Waals surface area contributed by atoms with E-state index in [-0.39, 0.29) is 30.7 Å². The fourth-order valence-corrected chi connectivity index (χ4v) is 3.96. The highest BCUT2D eigenvalue weighted by atomic mass is 16.5. The molecule has 1 aliphatic rings. The molecule has 9 heteroatoms. The molecule has 0 aliphatic carbocycles. The highest BCUT2D eigenvalue weighted by Gasteiger charge is 2.34. The van der Waals surface area contributed by atoms with E-state index in [4.69, 9.17) is 4.52 Å². The highest BCUT2D eigenvalue weighted by molar-refractivity contribution is 6.21. The minimum absolute atomic E-state index is 0.161. The Morgan fingerprint density at radius 1 is 0.914 bits per heavy atom. The van der Waals surface area contributed by atoms with Gasteiger partial charge in [0.1, 0.15) is 0 Å². The van der Waals surface area contributed by atoms with Crippen LogP contribution in [0.3, 0.4) is 0 Å². The zero-order valence-electron chi connectivity index (χ0n) is 18.7. The molecule has 5 rings (SSSR count). The van der Waals surface area contributed by atoms with Gasteiger partial charge >= 0.3 is 0 Å². The van der Waals surface area contributed by atoms with Crippen LogP contribution in [0.25, 0.3) is 11.4 Å². The molecule has 0 spiro atoms. The maximum atomic E-state index is 12.6. The molecule has 35 heavy (non-hydrogen) atoms. The van der Waals surface area contributed by atoms with Crippen LogP contribution in [-0.2, 0) is 11.2 Å². The maximum absolute atomic E-state index is 12.6. The lowest BCUT2D eigenvalue weighted by Gasteiger charge is -2.14. The van der Waals surface area contributed by atoms with Gasteiger partial charge in [0.15, 0.2) is 0 Å². The minimum atomic E-state index is -0.318. The van der Waals surface area contributed by atoms with Crippen molar-refractivity contribution in [1.82, 2.24) is 20.0 Å². The number of hydrogen-bond donors (Lipinski definition) is 1. The predicted molar refractivity (Wildman–Crippen MR) is 126 cm³/mol. The van der Waals surface area contributed by atoms with Crippen LogP contribution in [0.5, 0.6) is 0 Å². The Labute approximate surface area is 200 Å². The number of carbonyl (C=O) groups is 3. The van der Waals surface area contributed by atoms with Gasteiger partial charge in [0.25, 0.3) is 11.8 Å². The number of fused-ring (bicyclic) bond motifs is 1. The van der Waals surface area contributed by atoms with Crippen molar-refractivity contribution in [2.75, 3.05) is 11.9 Å². The van der Waals surface area contributed by atoms with Crippen molar-refractivity contribution in [1.29, 1.82) is 0 Å². The summed E-state index contributed by atoms with van der Waals surface area (Å²) in [5, 5.41) is 6.93. The van der Waals surface area contributed by atoms with Crippen molar-refractivity contribution >= 4 is 23.4 Å². The topological polar surface area (TPSA) is 118 Å². The molecule has 1 aliphatic heterocycles. The largest absolute Gasteiger partial charge is 0.339 e. The van der Waals surface area contributed by atoms with Crippen LogP contribution in [0, 0.1) is 0 Å². The molecule has 3 heterocycles. The Bertz CT molecular complexity index is 1360. The van der Waals surface area contributed by atoms with E-state index >= 15 is 0 Å². The number of carbonyl (C=O) groups excluding carboxylic acids is 3. The molecule has 0 saturated carbocycles. The lowest BCUT2D eigenvalue weighted by molar-refractivity contribution is -0.116. The summed E-state index contributed by atoms with van der Waals surface area (Å²) in [5.41, 5.74) is 3.08. The lowest BCUT2D eigenvalue weighted by Crippen LogP contribution is -2.31. The zero-order valence-corrected chi connectivity index (χ0v) is 18.7. The Hall–Kier alpha value is -4.66. The average Bonchev–Trinajstić information content (AvgIpc) is 3.45. The number of benzene rings is 2. The number of imide groups is 1. The molecule has 0 saturated heterocycles. The number of aromatic nitrogens is 3. The van der Waals surface area contributed by atoms with Gasteiger partial charge in [0.05, 0.1) is 17.5 Å². The smallest absolute Gasteiger partial charge is 0.261 e.